The van der Waals surface area contributed by atoms with Crippen molar-refractivity contribution < 1.29 is 9.18 Å². The summed E-state index contributed by atoms with van der Waals surface area (Å²) < 4.78 is 14.6. The Morgan fingerprint density at radius 2 is 2.05 bits per heavy atom. The first kappa shape index (κ1) is 13.9. The van der Waals surface area contributed by atoms with E-state index in [2.05, 4.69) is 10.3 Å². The molecule has 1 amide bonds. The van der Waals surface area contributed by atoms with E-state index in [0.717, 1.165) is 0 Å². The molecule has 0 spiro atoms. The topological polar surface area (TPSA) is 64.0 Å². The van der Waals surface area contributed by atoms with Crippen LogP contribution in [0.3, 0.4) is 0 Å². The smallest absolute Gasteiger partial charge is 0.273 e. The van der Waals surface area contributed by atoms with Gasteiger partial charge in [0.15, 0.2) is 0 Å². The van der Waals surface area contributed by atoms with E-state index < -0.39 is 11.7 Å². The number of aromatic nitrogens is 2. The first-order valence-corrected chi connectivity index (χ1v) is 6.58. The van der Waals surface area contributed by atoms with Crippen LogP contribution in [0.5, 0.6) is 0 Å². The molecule has 0 bridgehead atoms. The summed E-state index contributed by atoms with van der Waals surface area (Å²) in [6.07, 6.45) is 1.55. The van der Waals surface area contributed by atoms with E-state index in [1.165, 1.54) is 35.9 Å². The van der Waals surface area contributed by atoms with Crippen LogP contribution in [-0.4, -0.2) is 15.5 Å². The van der Waals surface area contributed by atoms with Crippen LogP contribution in [-0.2, 0) is 7.05 Å². The SMILES string of the molecule is Cn1c(C(=O)Nc2ccccn2)cc2cc(F)ccc2c1=O. The van der Waals surface area contributed by atoms with Gasteiger partial charge in [0.25, 0.3) is 11.5 Å². The molecule has 5 nitrogen and oxygen atoms in total. The maximum absolute atomic E-state index is 13.3. The summed E-state index contributed by atoms with van der Waals surface area (Å²) in [5.74, 6) is -0.569. The Morgan fingerprint density at radius 3 is 2.77 bits per heavy atom. The number of carbonyl (C=O) groups excluding carboxylic acids is 1. The first-order chi connectivity index (χ1) is 10.6. The van der Waals surface area contributed by atoms with Gasteiger partial charge in [-0.1, -0.05) is 6.07 Å². The third-order valence-electron chi connectivity index (χ3n) is 3.34. The fourth-order valence-electron chi connectivity index (χ4n) is 2.22. The quantitative estimate of drug-likeness (QED) is 0.789. The predicted molar refractivity (Wildman–Crippen MR) is 81.3 cm³/mol. The Hall–Kier alpha value is -3.02. The van der Waals surface area contributed by atoms with E-state index >= 15 is 0 Å². The van der Waals surface area contributed by atoms with Gasteiger partial charge in [-0.15, -0.1) is 0 Å². The molecular formula is C16H12FN3O2. The highest BCUT2D eigenvalue weighted by Crippen LogP contribution is 2.14. The molecule has 2 heterocycles. The monoisotopic (exact) mass is 297 g/mol. The van der Waals surface area contributed by atoms with Gasteiger partial charge in [-0.2, -0.15) is 0 Å². The van der Waals surface area contributed by atoms with E-state index in [1.54, 1.807) is 24.4 Å². The summed E-state index contributed by atoms with van der Waals surface area (Å²) in [4.78, 5) is 28.6. The molecule has 0 atom stereocenters. The van der Waals surface area contributed by atoms with Crippen molar-refractivity contribution in [2.75, 3.05) is 5.32 Å². The number of anilines is 1. The summed E-state index contributed by atoms with van der Waals surface area (Å²) >= 11 is 0. The van der Waals surface area contributed by atoms with Gasteiger partial charge < -0.3 is 9.88 Å². The van der Waals surface area contributed by atoms with Crippen LogP contribution in [0.1, 0.15) is 10.5 Å². The van der Waals surface area contributed by atoms with Crippen LogP contribution < -0.4 is 10.9 Å². The van der Waals surface area contributed by atoms with Gasteiger partial charge in [0.2, 0.25) is 0 Å². The van der Waals surface area contributed by atoms with E-state index in [4.69, 9.17) is 0 Å². The molecule has 1 aromatic carbocycles. The molecule has 110 valence electrons. The van der Waals surface area contributed by atoms with Crippen LogP contribution in [0.15, 0.2) is 53.5 Å². The highest BCUT2D eigenvalue weighted by atomic mass is 19.1. The summed E-state index contributed by atoms with van der Waals surface area (Å²) in [5, 5.41) is 3.35. The molecule has 1 N–H and O–H groups in total. The maximum atomic E-state index is 13.3. The van der Waals surface area contributed by atoms with Crippen molar-refractivity contribution in [1.82, 2.24) is 9.55 Å². The summed E-state index contributed by atoms with van der Waals surface area (Å²) in [7, 11) is 1.50. The Labute approximate surface area is 125 Å². The lowest BCUT2D eigenvalue weighted by Crippen LogP contribution is -2.26. The molecular weight excluding hydrogens is 285 g/mol. The lowest BCUT2D eigenvalue weighted by atomic mass is 10.1. The molecule has 0 saturated heterocycles. The highest BCUT2D eigenvalue weighted by molar-refractivity contribution is 6.04. The molecule has 0 aliphatic carbocycles. The second-order valence-electron chi connectivity index (χ2n) is 4.79. The van der Waals surface area contributed by atoms with Gasteiger partial charge in [0, 0.05) is 18.6 Å². The average Bonchev–Trinajstić information content (AvgIpc) is 2.51. The number of rotatable bonds is 2. The molecule has 6 heteroatoms. The van der Waals surface area contributed by atoms with Gasteiger partial charge in [-0.25, -0.2) is 9.37 Å². The van der Waals surface area contributed by atoms with Gasteiger partial charge >= 0.3 is 0 Å². The van der Waals surface area contributed by atoms with Crippen LogP contribution in [0, 0.1) is 5.82 Å². The molecule has 22 heavy (non-hydrogen) atoms. The van der Waals surface area contributed by atoms with Crippen molar-refractivity contribution in [2.45, 2.75) is 0 Å². The molecule has 0 radical (unpaired) electrons. The summed E-state index contributed by atoms with van der Waals surface area (Å²) in [5.41, 5.74) is -0.225. The standard InChI is InChI=1S/C16H12FN3O2/c1-20-13(15(21)19-14-4-2-3-7-18-14)9-10-8-11(17)5-6-12(10)16(20)22/h2-9H,1H3,(H,18,19,21). The number of hydrogen-bond acceptors (Lipinski definition) is 3. The lowest BCUT2D eigenvalue weighted by Gasteiger charge is -2.10. The molecule has 2 aromatic heterocycles. The molecule has 3 rings (SSSR count). The van der Waals surface area contributed by atoms with Crippen LogP contribution >= 0.6 is 0 Å². The molecule has 0 aliphatic rings. The zero-order valence-corrected chi connectivity index (χ0v) is 11.7. The second-order valence-corrected chi connectivity index (χ2v) is 4.79. The normalized spacial score (nSPS) is 10.6. The van der Waals surface area contributed by atoms with E-state index in [-0.39, 0.29) is 11.3 Å². The molecule has 0 saturated carbocycles. The van der Waals surface area contributed by atoms with E-state index in [1.807, 2.05) is 0 Å². The van der Waals surface area contributed by atoms with Crippen molar-refractivity contribution >= 4 is 22.5 Å². The number of carbonyl (C=O) groups is 1. The number of benzene rings is 1. The van der Waals surface area contributed by atoms with Crippen LogP contribution in [0.2, 0.25) is 0 Å². The third-order valence-corrected chi connectivity index (χ3v) is 3.34. The number of halogens is 1. The van der Waals surface area contributed by atoms with Crippen molar-refractivity contribution in [3.8, 4) is 0 Å². The van der Waals surface area contributed by atoms with Crippen molar-refractivity contribution in [3.63, 3.8) is 0 Å². The molecule has 0 aliphatic heterocycles. The minimum absolute atomic E-state index is 0.133. The highest BCUT2D eigenvalue weighted by Gasteiger charge is 2.14. The number of fused-ring (bicyclic) bond motifs is 1. The Kier molecular flexibility index (Phi) is 3.42. The molecule has 0 fully saturated rings. The van der Waals surface area contributed by atoms with Gasteiger partial charge in [-0.05, 0) is 41.8 Å². The Morgan fingerprint density at radius 1 is 1.23 bits per heavy atom. The number of hydrogen-bond donors (Lipinski definition) is 1. The first-order valence-electron chi connectivity index (χ1n) is 6.58. The summed E-state index contributed by atoms with van der Waals surface area (Å²) in [6.45, 7) is 0. The van der Waals surface area contributed by atoms with E-state index in [9.17, 15) is 14.0 Å². The third kappa shape index (κ3) is 2.46. The minimum Gasteiger partial charge on any atom is -0.307 e. The average molecular weight is 297 g/mol. The number of nitrogens with zero attached hydrogens (tertiary/aromatic N) is 2. The second kappa shape index (κ2) is 5.40. The zero-order chi connectivity index (χ0) is 15.7. The number of amides is 1. The Balaban J connectivity index is 2.08. The maximum Gasteiger partial charge on any atom is 0.273 e. The minimum atomic E-state index is -0.482. The predicted octanol–water partition coefficient (Wildman–Crippen LogP) is 2.32. The van der Waals surface area contributed by atoms with E-state index in [0.29, 0.717) is 16.6 Å². The van der Waals surface area contributed by atoms with Crippen molar-refractivity contribution in [1.29, 1.82) is 0 Å². The van der Waals surface area contributed by atoms with Crippen molar-refractivity contribution in [3.05, 3.63) is 70.5 Å². The van der Waals surface area contributed by atoms with Gasteiger partial charge in [0.05, 0.1) is 0 Å². The largest absolute Gasteiger partial charge is 0.307 e. The van der Waals surface area contributed by atoms with Gasteiger partial charge in [-0.3, -0.25) is 9.59 Å². The lowest BCUT2D eigenvalue weighted by molar-refractivity contribution is 0.101. The van der Waals surface area contributed by atoms with Crippen LogP contribution in [0.4, 0.5) is 10.2 Å². The molecule has 3 aromatic rings. The fraction of sp³-hybridized carbons (Fsp3) is 0.0625. The Bertz CT molecular complexity index is 920. The number of nitrogens with one attached hydrogen (secondary N) is 1. The van der Waals surface area contributed by atoms with Crippen LogP contribution in [0.25, 0.3) is 10.8 Å². The van der Waals surface area contributed by atoms with Gasteiger partial charge in [0.1, 0.15) is 17.3 Å². The molecule has 0 unspecified atom stereocenters. The summed E-state index contributed by atoms with van der Waals surface area (Å²) in [6, 6.07) is 10.4. The van der Waals surface area contributed by atoms with Crippen molar-refractivity contribution in [2.24, 2.45) is 7.05 Å². The zero-order valence-electron chi connectivity index (χ0n) is 11.7. The number of pyridine rings is 2. The fourth-order valence-corrected chi connectivity index (χ4v) is 2.22.